The van der Waals surface area contributed by atoms with Crippen LogP contribution in [0.25, 0.3) is 0 Å². The fraction of sp³-hybridized carbons (Fsp3) is 0.647. The second-order valence-electron chi connectivity index (χ2n) is 7.13. The zero-order chi connectivity index (χ0) is 15.4. The van der Waals surface area contributed by atoms with E-state index >= 15 is 0 Å². The van der Waals surface area contributed by atoms with Crippen LogP contribution in [0.15, 0.2) is 18.2 Å². The SMILES string of the molecule is CS(=O)(=O)Oc1ccc2c(c1)C13CCCCC1C(C2)NCC3. The highest BCUT2D eigenvalue weighted by molar-refractivity contribution is 7.86. The van der Waals surface area contributed by atoms with Crippen molar-refractivity contribution in [3.63, 3.8) is 0 Å². The van der Waals surface area contributed by atoms with Crippen LogP contribution in [-0.4, -0.2) is 27.3 Å². The van der Waals surface area contributed by atoms with Gasteiger partial charge in [-0.3, -0.25) is 0 Å². The fourth-order valence-electron chi connectivity index (χ4n) is 5.13. The van der Waals surface area contributed by atoms with Gasteiger partial charge in [0.25, 0.3) is 0 Å². The largest absolute Gasteiger partial charge is 0.383 e. The van der Waals surface area contributed by atoms with Crippen LogP contribution < -0.4 is 9.50 Å². The van der Waals surface area contributed by atoms with E-state index in [2.05, 4.69) is 11.4 Å². The maximum atomic E-state index is 11.4. The van der Waals surface area contributed by atoms with Gasteiger partial charge in [-0.05, 0) is 61.4 Å². The minimum Gasteiger partial charge on any atom is -0.383 e. The third-order valence-electron chi connectivity index (χ3n) is 5.87. The highest BCUT2D eigenvalue weighted by Gasteiger charge is 2.51. The van der Waals surface area contributed by atoms with E-state index in [0.29, 0.717) is 17.7 Å². The van der Waals surface area contributed by atoms with Crippen molar-refractivity contribution in [2.75, 3.05) is 12.8 Å². The molecule has 0 spiro atoms. The number of nitrogens with one attached hydrogen (secondary N) is 1. The standard InChI is InChI=1S/C17H23NO3S/c1-22(19,20)21-13-6-5-12-10-16-14-4-2-3-7-17(14,8-9-18-16)15(12)11-13/h5-6,11,14,16,18H,2-4,7-10H2,1H3. The predicted octanol–water partition coefficient (Wildman–Crippen LogP) is 2.37. The molecular weight excluding hydrogens is 298 g/mol. The van der Waals surface area contributed by atoms with Gasteiger partial charge < -0.3 is 9.50 Å². The second kappa shape index (κ2) is 4.96. The van der Waals surface area contributed by atoms with Crippen molar-refractivity contribution in [3.05, 3.63) is 29.3 Å². The molecule has 1 saturated carbocycles. The molecule has 1 heterocycles. The zero-order valence-corrected chi connectivity index (χ0v) is 13.8. The lowest BCUT2D eigenvalue weighted by Crippen LogP contribution is -2.59. The van der Waals surface area contributed by atoms with Crippen LogP contribution in [0.5, 0.6) is 5.75 Å². The van der Waals surface area contributed by atoms with Gasteiger partial charge in [0.2, 0.25) is 0 Å². The van der Waals surface area contributed by atoms with Crippen molar-refractivity contribution < 1.29 is 12.6 Å². The molecule has 4 rings (SSSR count). The second-order valence-corrected chi connectivity index (χ2v) is 8.70. The Balaban J connectivity index is 1.81. The minimum absolute atomic E-state index is 0.235. The van der Waals surface area contributed by atoms with Gasteiger partial charge in [-0.15, -0.1) is 0 Å². The van der Waals surface area contributed by atoms with Gasteiger partial charge in [0.1, 0.15) is 5.75 Å². The molecule has 1 aromatic rings. The van der Waals surface area contributed by atoms with Crippen LogP contribution in [0.4, 0.5) is 0 Å². The minimum atomic E-state index is -3.47. The fourth-order valence-corrected chi connectivity index (χ4v) is 5.58. The molecule has 1 saturated heterocycles. The number of hydrogen-bond acceptors (Lipinski definition) is 4. The number of fused-ring (bicyclic) bond motifs is 1. The first-order valence-electron chi connectivity index (χ1n) is 8.24. The van der Waals surface area contributed by atoms with Gasteiger partial charge in [-0.25, -0.2) is 0 Å². The normalized spacial score (nSPS) is 33.7. The van der Waals surface area contributed by atoms with E-state index in [-0.39, 0.29) is 5.41 Å². The third kappa shape index (κ3) is 2.26. The summed E-state index contributed by atoms with van der Waals surface area (Å²) in [6.45, 7) is 1.07. The average Bonchev–Trinajstić information content (AvgIpc) is 2.46. The van der Waals surface area contributed by atoms with Gasteiger partial charge in [0.05, 0.1) is 6.26 Å². The van der Waals surface area contributed by atoms with Crippen LogP contribution in [0.1, 0.15) is 43.2 Å². The maximum absolute atomic E-state index is 11.4. The zero-order valence-electron chi connectivity index (χ0n) is 13.0. The molecular formula is C17H23NO3S. The Kier molecular flexibility index (Phi) is 3.28. The highest BCUT2D eigenvalue weighted by Crippen LogP contribution is 2.54. The van der Waals surface area contributed by atoms with E-state index in [1.54, 1.807) is 6.07 Å². The summed E-state index contributed by atoms with van der Waals surface area (Å²) in [4.78, 5) is 0. The van der Waals surface area contributed by atoms with E-state index in [9.17, 15) is 8.42 Å². The van der Waals surface area contributed by atoms with Gasteiger partial charge in [-0.2, -0.15) is 8.42 Å². The summed E-state index contributed by atoms with van der Waals surface area (Å²) in [5.74, 6) is 1.16. The quantitative estimate of drug-likeness (QED) is 0.850. The van der Waals surface area contributed by atoms with Crippen LogP contribution in [0.3, 0.4) is 0 Å². The van der Waals surface area contributed by atoms with Crippen LogP contribution >= 0.6 is 0 Å². The Morgan fingerprint density at radius 1 is 1.27 bits per heavy atom. The lowest BCUT2D eigenvalue weighted by atomic mass is 9.53. The molecule has 3 unspecified atom stereocenters. The van der Waals surface area contributed by atoms with Crippen molar-refractivity contribution in [1.29, 1.82) is 0 Å². The summed E-state index contributed by atoms with van der Waals surface area (Å²) in [7, 11) is -3.47. The molecule has 4 nitrogen and oxygen atoms in total. The van der Waals surface area contributed by atoms with Crippen molar-refractivity contribution >= 4 is 10.1 Å². The molecule has 3 aliphatic rings. The summed E-state index contributed by atoms with van der Waals surface area (Å²) >= 11 is 0. The lowest BCUT2D eigenvalue weighted by Gasteiger charge is -2.56. The monoisotopic (exact) mass is 321 g/mol. The highest BCUT2D eigenvalue weighted by atomic mass is 32.2. The summed E-state index contributed by atoms with van der Waals surface area (Å²) in [5.41, 5.74) is 2.96. The van der Waals surface area contributed by atoms with Gasteiger partial charge in [0, 0.05) is 11.5 Å². The first-order chi connectivity index (χ1) is 10.5. The van der Waals surface area contributed by atoms with Crippen molar-refractivity contribution in [1.82, 2.24) is 5.32 Å². The summed E-state index contributed by atoms with van der Waals surface area (Å²) in [6, 6.07) is 6.47. The molecule has 5 heteroatoms. The number of benzene rings is 1. The molecule has 1 aliphatic heterocycles. The Labute approximate surface area is 132 Å². The van der Waals surface area contributed by atoms with E-state index in [0.717, 1.165) is 25.6 Å². The van der Waals surface area contributed by atoms with Crippen molar-refractivity contribution in [2.45, 2.75) is 50.0 Å². The third-order valence-corrected chi connectivity index (χ3v) is 6.36. The molecule has 0 amide bonds. The molecule has 2 bridgehead atoms. The van der Waals surface area contributed by atoms with Gasteiger partial charge >= 0.3 is 10.1 Å². The lowest BCUT2D eigenvalue weighted by molar-refractivity contribution is 0.0796. The Morgan fingerprint density at radius 2 is 2.14 bits per heavy atom. The van der Waals surface area contributed by atoms with Crippen LogP contribution in [0, 0.1) is 5.92 Å². The molecule has 22 heavy (non-hydrogen) atoms. The molecule has 1 aromatic carbocycles. The van der Waals surface area contributed by atoms with Crippen molar-refractivity contribution in [3.8, 4) is 5.75 Å². The topological polar surface area (TPSA) is 55.4 Å². The molecule has 2 fully saturated rings. The Bertz CT molecular complexity index is 696. The van der Waals surface area contributed by atoms with Gasteiger partial charge in [0.15, 0.2) is 0 Å². The molecule has 0 radical (unpaired) electrons. The number of rotatable bonds is 2. The average molecular weight is 321 g/mol. The molecule has 0 aromatic heterocycles. The molecule has 3 atom stereocenters. The summed E-state index contributed by atoms with van der Waals surface area (Å²) in [5, 5.41) is 3.71. The van der Waals surface area contributed by atoms with E-state index < -0.39 is 10.1 Å². The van der Waals surface area contributed by atoms with E-state index in [4.69, 9.17) is 4.18 Å². The van der Waals surface area contributed by atoms with E-state index in [1.807, 2.05) is 6.07 Å². The number of hydrogen-bond donors (Lipinski definition) is 1. The summed E-state index contributed by atoms with van der Waals surface area (Å²) < 4.78 is 28.0. The smallest absolute Gasteiger partial charge is 0.306 e. The molecule has 120 valence electrons. The molecule has 1 N–H and O–H groups in total. The first-order valence-corrected chi connectivity index (χ1v) is 10.1. The van der Waals surface area contributed by atoms with Gasteiger partial charge in [-0.1, -0.05) is 18.9 Å². The number of piperidine rings is 1. The van der Waals surface area contributed by atoms with E-state index in [1.165, 1.54) is 36.8 Å². The van der Waals surface area contributed by atoms with Crippen LogP contribution in [0.2, 0.25) is 0 Å². The maximum Gasteiger partial charge on any atom is 0.306 e. The first kappa shape index (κ1) is 14.5. The Morgan fingerprint density at radius 3 is 2.95 bits per heavy atom. The van der Waals surface area contributed by atoms with Crippen LogP contribution in [-0.2, 0) is 22.0 Å². The molecule has 2 aliphatic carbocycles. The van der Waals surface area contributed by atoms with Crippen molar-refractivity contribution in [2.24, 2.45) is 5.92 Å². The predicted molar refractivity (Wildman–Crippen MR) is 85.7 cm³/mol. The Hall–Kier alpha value is -1.07. The summed E-state index contributed by atoms with van der Waals surface area (Å²) in [6.07, 6.45) is 8.43.